The van der Waals surface area contributed by atoms with E-state index < -0.39 is 11.8 Å². The normalized spacial score (nSPS) is 10.4. The lowest BCUT2D eigenvalue weighted by Gasteiger charge is -2.13. The monoisotopic (exact) mass is 361 g/mol. The van der Waals surface area contributed by atoms with Gasteiger partial charge < -0.3 is 23.9 Å². The molecule has 1 heterocycles. The molecule has 0 aliphatic carbocycles. The molecule has 0 atom stereocenters. The Morgan fingerprint density at radius 1 is 1.08 bits per heavy atom. The molecule has 0 unspecified atom stereocenters. The number of carbonyl (C=O) groups excluding carboxylic acids is 2. The smallest absolute Gasteiger partial charge is 0.329 e. The molecule has 0 fully saturated rings. The van der Waals surface area contributed by atoms with Crippen LogP contribution in [0.1, 0.15) is 11.3 Å². The maximum absolute atomic E-state index is 11.7. The Morgan fingerprint density at radius 2 is 1.85 bits per heavy atom. The van der Waals surface area contributed by atoms with Crippen LogP contribution >= 0.6 is 0 Å². The number of hydrogen-bond acceptors (Lipinski definition) is 7. The fourth-order valence-electron chi connectivity index (χ4n) is 2.10. The van der Waals surface area contributed by atoms with Gasteiger partial charge in [-0.15, -0.1) is 0 Å². The van der Waals surface area contributed by atoms with Gasteiger partial charge >= 0.3 is 11.8 Å². The highest BCUT2D eigenvalue weighted by Crippen LogP contribution is 2.38. The highest BCUT2D eigenvalue weighted by molar-refractivity contribution is 6.35. The van der Waals surface area contributed by atoms with Gasteiger partial charge in [0.2, 0.25) is 5.75 Å². The van der Waals surface area contributed by atoms with Crippen molar-refractivity contribution in [2.24, 2.45) is 5.10 Å². The number of rotatable bonds is 7. The van der Waals surface area contributed by atoms with Gasteiger partial charge in [-0.2, -0.15) is 5.10 Å². The lowest BCUT2D eigenvalue weighted by Crippen LogP contribution is -2.37. The van der Waals surface area contributed by atoms with E-state index in [-0.39, 0.29) is 6.54 Å². The lowest BCUT2D eigenvalue weighted by molar-refractivity contribution is -0.139. The van der Waals surface area contributed by atoms with E-state index in [4.69, 9.17) is 18.6 Å². The average molecular weight is 361 g/mol. The van der Waals surface area contributed by atoms with Crippen LogP contribution in [0.4, 0.5) is 0 Å². The van der Waals surface area contributed by atoms with E-state index in [1.165, 1.54) is 33.8 Å². The van der Waals surface area contributed by atoms with Gasteiger partial charge in [-0.1, -0.05) is 0 Å². The van der Waals surface area contributed by atoms with Gasteiger partial charge in [0.15, 0.2) is 11.5 Å². The molecule has 0 radical (unpaired) electrons. The van der Waals surface area contributed by atoms with Crippen molar-refractivity contribution in [2.75, 3.05) is 21.3 Å². The zero-order valence-electron chi connectivity index (χ0n) is 14.6. The molecule has 2 rings (SSSR count). The molecule has 0 aliphatic heterocycles. The predicted octanol–water partition coefficient (Wildman–Crippen LogP) is 1.07. The van der Waals surface area contributed by atoms with Crippen LogP contribution in [0.15, 0.2) is 40.0 Å². The first kappa shape index (κ1) is 18.8. The van der Waals surface area contributed by atoms with Crippen LogP contribution in [-0.4, -0.2) is 39.4 Å². The minimum absolute atomic E-state index is 0.104. The van der Waals surface area contributed by atoms with E-state index in [0.29, 0.717) is 28.6 Å². The molecule has 2 N–H and O–H groups in total. The topological polar surface area (TPSA) is 111 Å². The van der Waals surface area contributed by atoms with E-state index in [9.17, 15) is 9.59 Å². The Hall–Kier alpha value is -3.49. The molecular weight excluding hydrogens is 342 g/mol. The third-order valence-electron chi connectivity index (χ3n) is 3.31. The van der Waals surface area contributed by atoms with E-state index >= 15 is 0 Å². The van der Waals surface area contributed by atoms with Crippen molar-refractivity contribution in [1.82, 2.24) is 10.7 Å². The number of nitrogens with one attached hydrogen (secondary N) is 2. The molecule has 138 valence electrons. The van der Waals surface area contributed by atoms with Crippen LogP contribution in [0.3, 0.4) is 0 Å². The van der Waals surface area contributed by atoms with Crippen LogP contribution in [0.25, 0.3) is 0 Å². The number of furan rings is 1. The number of hydrogen-bond donors (Lipinski definition) is 2. The summed E-state index contributed by atoms with van der Waals surface area (Å²) in [6, 6.07) is 6.70. The average Bonchev–Trinajstić information content (AvgIpc) is 3.18. The third-order valence-corrected chi connectivity index (χ3v) is 3.31. The summed E-state index contributed by atoms with van der Waals surface area (Å²) < 4.78 is 20.8. The fraction of sp³-hybridized carbons (Fsp3) is 0.235. The van der Waals surface area contributed by atoms with Gasteiger partial charge in [-0.3, -0.25) is 9.59 Å². The number of hydrazone groups is 1. The molecule has 1 aromatic heterocycles. The molecule has 2 aromatic rings. The first-order chi connectivity index (χ1) is 12.6. The van der Waals surface area contributed by atoms with Crippen molar-refractivity contribution < 1.29 is 28.2 Å². The second-order valence-corrected chi connectivity index (χ2v) is 4.88. The number of carbonyl (C=O) groups is 2. The van der Waals surface area contributed by atoms with Crippen molar-refractivity contribution in [2.45, 2.75) is 6.54 Å². The van der Waals surface area contributed by atoms with Gasteiger partial charge in [0, 0.05) is 5.56 Å². The Balaban J connectivity index is 1.98. The van der Waals surface area contributed by atoms with Crippen molar-refractivity contribution >= 4 is 18.0 Å². The van der Waals surface area contributed by atoms with E-state index in [1.54, 1.807) is 24.3 Å². The number of nitrogens with zero attached hydrogens (tertiary/aromatic N) is 1. The van der Waals surface area contributed by atoms with Crippen LogP contribution in [-0.2, 0) is 16.1 Å². The summed E-state index contributed by atoms with van der Waals surface area (Å²) in [6.45, 7) is 0.104. The van der Waals surface area contributed by atoms with Crippen LogP contribution in [0, 0.1) is 0 Å². The zero-order chi connectivity index (χ0) is 18.9. The maximum atomic E-state index is 11.7. The number of methoxy groups -OCH3 is 3. The van der Waals surface area contributed by atoms with Crippen molar-refractivity contribution in [3.63, 3.8) is 0 Å². The fourth-order valence-corrected chi connectivity index (χ4v) is 2.10. The van der Waals surface area contributed by atoms with Gasteiger partial charge in [-0.25, -0.2) is 5.43 Å². The SMILES string of the molecule is COc1ccc(/C=N\NC(=O)C(=O)NCc2ccco2)c(OC)c1OC. The molecule has 0 saturated carbocycles. The molecule has 0 aliphatic rings. The van der Waals surface area contributed by atoms with Crippen molar-refractivity contribution in [3.8, 4) is 17.2 Å². The van der Waals surface area contributed by atoms with Gasteiger partial charge in [0.1, 0.15) is 5.76 Å². The summed E-state index contributed by atoms with van der Waals surface area (Å²) in [5.41, 5.74) is 2.67. The van der Waals surface area contributed by atoms with E-state index in [0.717, 1.165) is 0 Å². The Labute approximate surface area is 149 Å². The molecule has 0 spiro atoms. The standard InChI is InChI=1S/C17H19N3O6/c1-23-13-7-6-11(14(24-2)15(13)25-3)9-19-20-17(22)16(21)18-10-12-5-4-8-26-12/h4-9H,10H2,1-3H3,(H,18,21)(H,20,22)/b19-9-. The summed E-state index contributed by atoms with van der Waals surface area (Å²) in [5.74, 6) is 0.0474. The number of benzene rings is 1. The second-order valence-electron chi connectivity index (χ2n) is 4.88. The highest BCUT2D eigenvalue weighted by atomic mass is 16.5. The summed E-state index contributed by atoms with van der Waals surface area (Å²) >= 11 is 0. The summed E-state index contributed by atoms with van der Waals surface area (Å²) in [7, 11) is 4.45. The van der Waals surface area contributed by atoms with E-state index in [1.807, 2.05) is 0 Å². The molecule has 0 saturated heterocycles. The third kappa shape index (κ3) is 4.53. The Kier molecular flexibility index (Phi) is 6.60. The quantitative estimate of drug-likeness (QED) is 0.433. The van der Waals surface area contributed by atoms with Crippen molar-refractivity contribution in [3.05, 3.63) is 41.9 Å². The summed E-state index contributed by atoms with van der Waals surface area (Å²) in [4.78, 5) is 23.4. The largest absolute Gasteiger partial charge is 0.493 e. The summed E-state index contributed by atoms with van der Waals surface area (Å²) in [6.07, 6.45) is 2.81. The first-order valence-electron chi connectivity index (χ1n) is 7.53. The zero-order valence-corrected chi connectivity index (χ0v) is 14.6. The molecular formula is C17H19N3O6. The maximum Gasteiger partial charge on any atom is 0.329 e. The first-order valence-corrected chi connectivity index (χ1v) is 7.53. The predicted molar refractivity (Wildman–Crippen MR) is 92.4 cm³/mol. The molecule has 1 aromatic carbocycles. The minimum atomic E-state index is -0.910. The Morgan fingerprint density at radius 3 is 2.46 bits per heavy atom. The van der Waals surface area contributed by atoms with Gasteiger partial charge in [0.05, 0.1) is 40.4 Å². The molecule has 9 heteroatoms. The number of amides is 2. The van der Waals surface area contributed by atoms with Gasteiger partial charge in [0.25, 0.3) is 0 Å². The summed E-state index contributed by atoms with van der Waals surface area (Å²) in [5, 5.41) is 6.17. The van der Waals surface area contributed by atoms with Crippen LogP contribution < -0.4 is 25.0 Å². The molecule has 0 bridgehead atoms. The number of ether oxygens (including phenoxy) is 3. The highest BCUT2D eigenvalue weighted by Gasteiger charge is 2.15. The molecule has 9 nitrogen and oxygen atoms in total. The van der Waals surface area contributed by atoms with Crippen LogP contribution in [0.2, 0.25) is 0 Å². The van der Waals surface area contributed by atoms with E-state index in [2.05, 4.69) is 15.8 Å². The second kappa shape index (κ2) is 9.11. The minimum Gasteiger partial charge on any atom is -0.493 e. The molecule has 2 amide bonds. The molecule has 26 heavy (non-hydrogen) atoms. The Bertz CT molecular complexity index is 786. The van der Waals surface area contributed by atoms with Gasteiger partial charge in [-0.05, 0) is 24.3 Å². The van der Waals surface area contributed by atoms with Crippen molar-refractivity contribution in [1.29, 1.82) is 0 Å². The lowest BCUT2D eigenvalue weighted by atomic mass is 10.2. The van der Waals surface area contributed by atoms with Crippen LogP contribution in [0.5, 0.6) is 17.2 Å².